The molecule has 0 saturated carbocycles. The van der Waals surface area contributed by atoms with Crippen molar-refractivity contribution in [2.24, 2.45) is 0 Å². The highest BCUT2D eigenvalue weighted by Gasteiger charge is 2.33. The minimum atomic E-state index is -0.343. The molecule has 2 aliphatic rings. The summed E-state index contributed by atoms with van der Waals surface area (Å²) in [4.78, 5) is 43.7. The Morgan fingerprint density at radius 1 is 1.07 bits per heavy atom. The van der Waals surface area contributed by atoms with Crippen molar-refractivity contribution < 1.29 is 23.8 Å². The lowest BCUT2D eigenvalue weighted by atomic mass is 10.1. The van der Waals surface area contributed by atoms with Gasteiger partial charge < -0.3 is 34.6 Å². The number of amides is 3. The third kappa shape index (κ3) is 6.30. The summed E-state index contributed by atoms with van der Waals surface area (Å²) in [5.41, 5.74) is 1.56. The number of hydrogen-bond donors (Lipinski definition) is 2. The van der Waals surface area contributed by atoms with Gasteiger partial charge in [-0.1, -0.05) is 6.07 Å². The van der Waals surface area contributed by atoms with Gasteiger partial charge in [-0.25, -0.2) is 14.8 Å². The third-order valence-electron chi connectivity index (χ3n) is 7.46. The van der Waals surface area contributed by atoms with Crippen LogP contribution in [0, 0.1) is 0 Å². The van der Waals surface area contributed by atoms with Crippen LogP contribution in [0.5, 0.6) is 17.2 Å². The average molecular weight is 585 g/mol. The summed E-state index contributed by atoms with van der Waals surface area (Å²) in [6.07, 6.45) is 6.88. The number of imidazole rings is 1. The van der Waals surface area contributed by atoms with Crippen LogP contribution < -0.4 is 29.7 Å². The number of urea groups is 1. The van der Waals surface area contributed by atoms with Gasteiger partial charge in [0.15, 0.2) is 11.5 Å². The molecule has 13 heteroatoms. The molecule has 2 aliphatic heterocycles. The van der Waals surface area contributed by atoms with Crippen LogP contribution in [0.2, 0.25) is 0 Å². The molecule has 2 N–H and O–H groups in total. The monoisotopic (exact) mass is 584 g/mol. The fourth-order valence-corrected chi connectivity index (χ4v) is 5.17. The van der Waals surface area contributed by atoms with Gasteiger partial charge in [0.05, 0.1) is 19.2 Å². The first-order valence-electron chi connectivity index (χ1n) is 13.9. The smallest absolute Gasteiger partial charge is 0.321 e. The van der Waals surface area contributed by atoms with E-state index < -0.39 is 0 Å². The van der Waals surface area contributed by atoms with E-state index in [-0.39, 0.29) is 37.2 Å². The Labute approximate surface area is 248 Å². The van der Waals surface area contributed by atoms with Crippen molar-refractivity contribution in [3.63, 3.8) is 0 Å². The lowest BCUT2D eigenvalue weighted by Gasteiger charge is -2.42. The maximum atomic E-state index is 13.4. The number of anilines is 2. The van der Waals surface area contributed by atoms with Crippen LogP contribution in [0.4, 0.5) is 16.3 Å². The Bertz CT molecular complexity index is 1580. The van der Waals surface area contributed by atoms with Crippen LogP contribution in [0.3, 0.4) is 0 Å². The number of benzene rings is 2. The first-order valence-corrected chi connectivity index (χ1v) is 13.9. The second-order valence-electron chi connectivity index (χ2n) is 10.2. The summed E-state index contributed by atoms with van der Waals surface area (Å²) in [6.45, 7) is 3.35. The van der Waals surface area contributed by atoms with Gasteiger partial charge >= 0.3 is 6.03 Å². The van der Waals surface area contributed by atoms with Crippen molar-refractivity contribution in [1.29, 1.82) is 0 Å². The molecule has 0 aliphatic carbocycles. The molecule has 1 fully saturated rings. The Balaban J connectivity index is 1.18. The van der Waals surface area contributed by atoms with Gasteiger partial charge in [-0.15, -0.1) is 0 Å². The SMILES string of the molecule is COc1ccc(NC(=O)N2CCN(c3ccnc(-n4ccnc4)n3)C(CC(=O)NC(C)c3ccc4c(c3)OCO4)C2)cc1. The second-order valence-corrected chi connectivity index (χ2v) is 10.2. The predicted molar refractivity (Wildman–Crippen MR) is 158 cm³/mol. The molecule has 13 nitrogen and oxygen atoms in total. The maximum absolute atomic E-state index is 13.4. The van der Waals surface area contributed by atoms with E-state index >= 15 is 0 Å². The normalized spacial score (nSPS) is 16.5. The van der Waals surface area contributed by atoms with Crippen LogP contribution in [0.15, 0.2) is 73.4 Å². The van der Waals surface area contributed by atoms with Crippen molar-refractivity contribution in [3.05, 3.63) is 79.0 Å². The summed E-state index contributed by atoms with van der Waals surface area (Å²) in [7, 11) is 1.59. The predicted octanol–water partition coefficient (Wildman–Crippen LogP) is 3.39. The van der Waals surface area contributed by atoms with E-state index in [4.69, 9.17) is 19.2 Å². The Morgan fingerprint density at radius 2 is 1.91 bits per heavy atom. The molecule has 2 aromatic heterocycles. The van der Waals surface area contributed by atoms with E-state index in [0.717, 1.165) is 5.56 Å². The number of nitrogens with zero attached hydrogens (tertiary/aromatic N) is 6. The van der Waals surface area contributed by atoms with Gasteiger partial charge in [-0.05, 0) is 55.0 Å². The second kappa shape index (κ2) is 12.3. The number of piperazine rings is 1. The molecule has 2 unspecified atom stereocenters. The summed E-state index contributed by atoms with van der Waals surface area (Å²) >= 11 is 0. The highest BCUT2D eigenvalue weighted by atomic mass is 16.7. The number of carbonyl (C=O) groups is 2. The maximum Gasteiger partial charge on any atom is 0.321 e. The Hall–Kier alpha value is -5.33. The zero-order valence-electron chi connectivity index (χ0n) is 23.8. The highest BCUT2D eigenvalue weighted by Crippen LogP contribution is 2.34. The molecule has 3 amide bonds. The van der Waals surface area contributed by atoms with E-state index in [9.17, 15) is 9.59 Å². The topological polar surface area (TPSA) is 136 Å². The molecule has 0 spiro atoms. The van der Waals surface area contributed by atoms with Crippen molar-refractivity contribution in [3.8, 4) is 23.2 Å². The van der Waals surface area contributed by atoms with Crippen LogP contribution >= 0.6 is 0 Å². The molecule has 0 bridgehead atoms. The van der Waals surface area contributed by atoms with Crippen molar-refractivity contribution in [2.45, 2.75) is 25.4 Å². The van der Waals surface area contributed by atoms with Crippen LogP contribution in [-0.2, 0) is 4.79 Å². The number of carbonyl (C=O) groups excluding carboxylic acids is 2. The van der Waals surface area contributed by atoms with Gasteiger partial charge in [0.1, 0.15) is 17.9 Å². The van der Waals surface area contributed by atoms with Gasteiger partial charge in [0, 0.05) is 50.3 Å². The van der Waals surface area contributed by atoms with Crippen LogP contribution in [-0.4, -0.2) is 75.9 Å². The third-order valence-corrected chi connectivity index (χ3v) is 7.46. The minimum Gasteiger partial charge on any atom is -0.497 e. The fourth-order valence-electron chi connectivity index (χ4n) is 5.17. The zero-order chi connectivity index (χ0) is 29.8. The van der Waals surface area contributed by atoms with E-state index in [2.05, 4.69) is 25.5 Å². The van der Waals surface area contributed by atoms with Gasteiger partial charge in [0.2, 0.25) is 18.6 Å². The number of nitrogens with one attached hydrogen (secondary N) is 2. The molecule has 1 saturated heterocycles. The largest absolute Gasteiger partial charge is 0.497 e. The lowest BCUT2D eigenvalue weighted by molar-refractivity contribution is -0.122. The zero-order valence-corrected chi connectivity index (χ0v) is 23.8. The van der Waals surface area contributed by atoms with E-state index in [1.165, 1.54) is 0 Å². The average Bonchev–Trinajstić information content (AvgIpc) is 3.74. The van der Waals surface area contributed by atoms with Crippen LogP contribution in [0.25, 0.3) is 5.95 Å². The number of methoxy groups -OCH3 is 1. The van der Waals surface area contributed by atoms with Gasteiger partial charge in [-0.2, -0.15) is 4.98 Å². The van der Waals surface area contributed by atoms with Crippen molar-refractivity contribution in [1.82, 2.24) is 29.7 Å². The molecular formula is C30H32N8O5. The number of hydrogen-bond acceptors (Lipinski definition) is 9. The highest BCUT2D eigenvalue weighted by molar-refractivity contribution is 5.89. The molecule has 4 heterocycles. The minimum absolute atomic E-state index is 0.144. The van der Waals surface area contributed by atoms with Gasteiger partial charge in [0.25, 0.3) is 0 Å². The summed E-state index contributed by atoms with van der Waals surface area (Å²) < 4.78 is 17.8. The van der Waals surface area contributed by atoms with Crippen molar-refractivity contribution >= 4 is 23.4 Å². The van der Waals surface area contributed by atoms with Crippen LogP contribution in [0.1, 0.15) is 24.9 Å². The Kier molecular flexibility index (Phi) is 7.94. The van der Waals surface area contributed by atoms with E-state index in [0.29, 0.717) is 54.3 Å². The molecular weight excluding hydrogens is 552 g/mol. The first kappa shape index (κ1) is 27.8. The number of aromatic nitrogens is 4. The standard InChI is InChI=1S/C30H32N8O5/c1-20(21-3-8-25-26(15-21)43-19-42-25)33-28(39)16-23-17-36(30(40)34-22-4-6-24(41-2)7-5-22)13-14-38(23)27-9-10-32-29(35-27)37-12-11-31-18-37/h3-12,15,18,20,23H,13-14,16-17,19H2,1-2H3,(H,33,39)(H,34,40). The van der Waals surface area contributed by atoms with E-state index in [1.54, 1.807) is 65.8 Å². The van der Waals surface area contributed by atoms with Crippen molar-refractivity contribution in [2.75, 3.05) is 43.8 Å². The molecule has 2 aromatic carbocycles. The molecule has 222 valence electrons. The fraction of sp³-hybridized carbons (Fsp3) is 0.300. The first-order chi connectivity index (χ1) is 21.0. The number of rotatable bonds is 8. The lowest BCUT2D eigenvalue weighted by Crippen LogP contribution is -2.57. The van der Waals surface area contributed by atoms with Gasteiger partial charge in [-0.3, -0.25) is 9.36 Å². The number of ether oxygens (including phenoxy) is 3. The summed E-state index contributed by atoms with van der Waals surface area (Å²) in [5.74, 6) is 3.03. The molecule has 43 heavy (non-hydrogen) atoms. The summed E-state index contributed by atoms with van der Waals surface area (Å²) in [5, 5.41) is 6.04. The molecule has 6 rings (SSSR count). The molecule has 2 atom stereocenters. The summed E-state index contributed by atoms with van der Waals surface area (Å²) in [6, 6.07) is 13.7. The van der Waals surface area contributed by atoms with E-state index in [1.807, 2.05) is 31.2 Å². The molecule has 4 aromatic rings. The quantitative estimate of drug-likeness (QED) is 0.319. The molecule has 0 radical (unpaired) electrons. The Morgan fingerprint density at radius 3 is 2.70 bits per heavy atom. The number of fused-ring (bicyclic) bond motifs is 1.